The Bertz CT molecular complexity index is 807. The van der Waals surface area contributed by atoms with Gasteiger partial charge in [0.2, 0.25) is 0 Å². The molecule has 0 radical (unpaired) electrons. The molecule has 0 saturated carbocycles. The van der Waals surface area contributed by atoms with E-state index in [9.17, 15) is 0 Å². The third-order valence-electron chi connectivity index (χ3n) is 2.81. The molecule has 0 heterocycles. The molecule has 0 aliphatic rings. The van der Waals surface area contributed by atoms with Gasteiger partial charge >= 0.3 is 0 Å². The van der Waals surface area contributed by atoms with Crippen molar-refractivity contribution in [3.63, 3.8) is 0 Å². The highest BCUT2D eigenvalue weighted by Gasteiger charge is 2.05. The van der Waals surface area contributed by atoms with Crippen LogP contribution in [0.2, 0.25) is 10.0 Å². The number of benzene rings is 2. The molecule has 0 saturated heterocycles. The number of hydrogen-bond acceptors (Lipinski definition) is 3. The normalized spacial score (nSPS) is 10.5. The van der Waals surface area contributed by atoms with Gasteiger partial charge in [0.15, 0.2) is 0 Å². The maximum atomic E-state index is 8.86. The Morgan fingerprint density at radius 2 is 1.35 bits per heavy atom. The number of halogens is 2. The van der Waals surface area contributed by atoms with Crippen molar-refractivity contribution in [1.82, 2.24) is 0 Å². The van der Waals surface area contributed by atoms with Crippen LogP contribution in [0.1, 0.15) is 5.56 Å². The molecule has 0 aliphatic carbocycles. The van der Waals surface area contributed by atoms with Gasteiger partial charge in [-0.15, -0.1) is 0 Å². The molecule has 0 fully saturated rings. The van der Waals surface area contributed by atoms with Crippen molar-refractivity contribution in [2.75, 3.05) is 0 Å². The minimum atomic E-state index is 0.0492. The fraction of sp³-hybridized carbons (Fsp3) is 0. The van der Waals surface area contributed by atoms with Gasteiger partial charge < -0.3 is 0 Å². The van der Waals surface area contributed by atoms with Crippen LogP contribution in [0.3, 0.4) is 0 Å². The topological polar surface area (TPSA) is 47.6 Å². The highest BCUT2D eigenvalue weighted by atomic mass is 35.5. The van der Waals surface area contributed by atoms with Crippen LogP contribution >= 0.6 is 35.0 Å². The molecule has 112 valence electrons. The van der Waals surface area contributed by atoms with Crippen LogP contribution in [-0.4, -0.2) is 0 Å². The highest BCUT2D eigenvalue weighted by Crippen LogP contribution is 2.35. The quantitative estimate of drug-likeness (QED) is 0.377. The Morgan fingerprint density at radius 1 is 0.826 bits per heavy atom. The van der Waals surface area contributed by atoms with Crippen molar-refractivity contribution in [3.05, 3.63) is 81.9 Å². The Hall–Kier alpha value is -2.17. The summed E-state index contributed by atoms with van der Waals surface area (Å²) in [6.45, 7) is 0. The van der Waals surface area contributed by atoms with Gasteiger partial charge in [-0.3, -0.25) is 0 Å². The second-order valence-electron chi connectivity index (χ2n) is 4.40. The van der Waals surface area contributed by atoms with E-state index in [1.165, 1.54) is 17.8 Å². The molecule has 0 unspecified atom stereocenters. The van der Waals surface area contributed by atoms with Crippen molar-refractivity contribution in [2.45, 2.75) is 4.90 Å². The molecule has 2 rings (SSSR count). The molecule has 23 heavy (non-hydrogen) atoms. The summed E-state index contributed by atoms with van der Waals surface area (Å²) in [5.74, 6) is 0. The van der Waals surface area contributed by atoms with Gasteiger partial charge in [0, 0.05) is 19.8 Å². The summed E-state index contributed by atoms with van der Waals surface area (Å²) in [6.07, 6.45) is 3.26. The molecule has 2 aromatic rings. The number of thioether (sulfide) groups is 1. The number of hydrogen-bond donors (Lipinski definition) is 0. The summed E-state index contributed by atoms with van der Waals surface area (Å²) in [7, 11) is 0. The van der Waals surface area contributed by atoms with Crippen molar-refractivity contribution in [3.8, 4) is 12.1 Å². The molecule has 2 aromatic carbocycles. The molecular formula is C18H10Cl2N2S. The van der Waals surface area contributed by atoms with Crippen LogP contribution in [-0.2, 0) is 0 Å². The fourth-order valence-corrected chi connectivity index (χ4v) is 2.86. The minimum Gasteiger partial charge on any atom is -0.192 e. The standard InChI is InChI=1S/C18H10Cl2N2S/c19-15-4-2-14(3-5-15)18(10-1-13(11-21)12-22)23-17-8-6-16(20)7-9-17/h1-10H/b18-10-. The molecule has 0 bridgehead atoms. The third-order valence-corrected chi connectivity index (χ3v) is 4.42. The lowest BCUT2D eigenvalue weighted by Crippen LogP contribution is -1.81. The van der Waals surface area contributed by atoms with Crippen LogP contribution in [0.15, 0.2) is 71.2 Å². The number of nitriles is 2. The first-order chi connectivity index (χ1) is 11.1. The summed E-state index contributed by atoms with van der Waals surface area (Å²) in [6, 6.07) is 18.5. The lowest BCUT2D eigenvalue weighted by Gasteiger charge is -2.07. The Labute approximate surface area is 149 Å². The van der Waals surface area contributed by atoms with Crippen molar-refractivity contribution in [1.29, 1.82) is 10.5 Å². The molecule has 5 heteroatoms. The maximum absolute atomic E-state index is 8.86. The van der Waals surface area contributed by atoms with E-state index in [4.69, 9.17) is 33.7 Å². The van der Waals surface area contributed by atoms with E-state index >= 15 is 0 Å². The fourth-order valence-electron chi connectivity index (χ4n) is 1.69. The summed E-state index contributed by atoms with van der Waals surface area (Å²) in [4.78, 5) is 1.89. The second-order valence-corrected chi connectivity index (χ2v) is 6.39. The van der Waals surface area contributed by atoms with Gasteiger partial charge in [0.1, 0.15) is 17.7 Å². The van der Waals surface area contributed by atoms with Gasteiger partial charge in [-0.25, -0.2) is 0 Å². The predicted octanol–water partition coefficient (Wildman–Crippen LogP) is 6.10. The number of nitrogens with zero attached hydrogens (tertiary/aromatic N) is 2. The SMILES string of the molecule is N#CC(C#N)=C/C=C(\Sc1ccc(Cl)cc1)c1ccc(Cl)cc1. The number of rotatable bonds is 4. The van der Waals surface area contributed by atoms with Gasteiger partial charge in [-0.1, -0.05) is 47.1 Å². The molecule has 0 aromatic heterocycles. The molecule has 0 aliphatic heterocycles. The van der Waals surface area contributed by atoms with Crippen LogP contribution in [0.5, 0.6) is 0 Å². The van der Waals surface area contributed by atoms with Crippen LogP contribution < -0.4 is 0 Å². The molecule has 2 nitrogen and oxygen atoms in total. The van der Waals surface area contributed by atoms with E-state index in [0.29, 0.717) is 10.0 Å². The summed E-state index contributed by atoms with van der Waals surface area (Å²) >= 11 is 13.3. The van der Waals surface area contributed by atoms with E-state index in [1.54, 1.807) is 18.2 Å². The second kappa shape index (κ2) is 8.46. The lowest BCUT2D eigenvalue weighted by molar-refractivity contribution is 1.46. The highest BCUT2D eigenvalue weighted by molar-refractivity contribution is 8.08. The Balaban J connectivity index is 2.39. The van der Waals surface area contributed by atoms with Crippen LogP contribution in [0, 0.1) is 22.7 Å². The first-order valence-corrected chi connectivity index (χ1v) is 8.11. The van der Waals surface area contributed by atoms with Crippen LogP contribution in [0.25, 0.3) is 4.91 Å². The van der Waals surface area contributed by atoms with E-state index in [0.717, 1.165) is 15.4 Å². The lowest BCUT2D eigenvalue weighted by atomic mass is 10.2. The monoisotopic (exact) mass is 356 g/mol. The molecule has 0 atom stereocenters. The van der Waals surface area contributed by atoms with E-state index in [1.807, 2.05) is 48.5 Å². The van der Waals surface area contributed by atoms with Gasteiger partial charge in [-0.2, -0.15) is 10.5 Å². The first-order valence-electron chi connectivity index (χ1n) is 6.54. The van der Waals surface area contributed by atoms with Crippen molar-refractivity contribution < 1.29 is 0 Å². The van der Waals surface area contributed by atoms with Gasteiger partial charge in [0.05, 0.1) is 0 Å². The zero-order valence-electron chi connectivity index (χ0n) is 11.8. The Kier molecular flexibility index (Phi) is 6.32. The van der Waals surface area contributed by atoms with E-state index in [2.05, 4.69) is 0 Å². The predicted molar refractivity (Wildman–Crippen MR) is 96.0 cm³/mol. The summed E-state index contributed by atoms with van der Waals surface area (Å²) in [5, 5.41) is 19.0. The van der Waals surface area contributed by atoms with Gasteiger partial charge in [-0.05, 0) is 54.1 Å². The molecule has 0 N–H and O–H groups in total. The first kappa shape index (κ1) is 17.2. The maximum Gasteiger partial charge on any atom is 0.129 e. The third kappa shape index (κ3) is 5.20. The largest absolute Gasteiger partial charge is 0.192 e. The molecular weight excluding hydrogens is 347 g/mol. The molecule has 0 amide bonds. The zero-order valence-corrected chi connectivity index (χ0v) is 14.2. The summed E-state index contributed by atoms with van der Waals surface area (Å²) in [5.41, 5.74) is 0.994. The van der Waals surface area contributed by atoms with E-state index < -0.39 is 0 Å². The molecule has 0 spiro atoms. The van der Waals surface area contributed by atoms with Crippen molar-refractivity contribution in [2.24, 2.45) is 0 Å². The van der Waals surface area contributed by atoms with Crippen LogP contribution in [0.4, 0.5) is 0 Å². The average molecular weight is 357 g/mol. The zero-order chi connectivity index (χ0) is 16.7. The summed E-state index contributed by atoms with van der Waals surface area (Å²) < 4.78 is 0. The Morgan fingerprint density at radius 3 is 1.87 bits per heavy atom. The minimum absolute atomic E-state index is 0.0492. The van der Waals surface area contributed by atoms with Crippen molar-refractivity contribution >= 4 is 39.9 Å². The van der Waals surface area contributed by atoms with Gasteiger partial charge in [0.25, 0.3) is 0 Å². The van der Waals surface area contributed by atoms with E-state index in [-0.39, 0.29) is 5.57 Å². The number of allylic oxidation sites excluding steroid dienone is 3. The smallest absolute Gasteiger partial charge is 0.129 e. The average Bonchev–Trinajstić information content (AvgIpc) is 2.57.